The molecule has 0 N–H and O–H groups in total. The average molecular weight is 193 g/mol. The molecule has 0 aromatic heterocycles. The van der Waals surface area contributed by atoms with E-state index < -0.39 is 0 Å². The Morgan fingerprint density at radius 3 is 1.45 bits per heavy atom. The van der Waals surface area contributed by atoms with E-state index in [1.54, 1.807) is 0 Å². The highest BCUT2D eigenvalue weighted by Gasteiger charge is 2.27. The van der Waals surface area contributed by atoms with E-state index in [1.165, 1.54) is 6.42 Å². The highest BCUT2D eigenvalue weighted by molar-refractivity contribution is 7.31. The first-order chi connectivity index (χ1) is 4.65. The third-order valence-electron chi connectivity index (χ3n) is 1.66. The van der Waals surface area contributed by atoms with Gasteiger partial charge in [-0.15, -0.1) is 0 Å². The smallest absolute Gasteiger partial charge is 0.0223 e. The molecule has 1 nitrogen and oxygen atoms in total. The molecule has 2 atom stereocenters. The fourth-order valence-corrected chi connectivity index (χ4v) is 1.57. The molecule has 3 heteroatoms. The van der Waals surface area contributed by atoms with Gasteiger partial charge in [0.1, 0.15) is 0 Å². The maximum Gasteiger partial charge on any atom is 0.0223 e. The highest BCUT2D eigenvalue weighted by atomic mass is 31.1. The Hall–Kier alpha value is 0.820. The van der Waals surface area contributed by atoms with Gasteiger partial charge in [0.2, 0.25) is 0 Å². The molecule has 2 unspecified atom stereocenters. The van der Waals surface area contributed by atoms with Crippen LogP contribution < -0.4 is 0 Å². The van der Waals surface area contributed by atoms with Crippen molar-refractivity contribution < 1.29 is 0 Å². The van der Waals surface area contributed by atoms with E-state index >= 15 is 0 Å². The molecule has 68 valence electrons. The summed E-state index contributed by atoms with van der Waals surface area (Å²) >= 11 is 0. The Kier molecular flexibility index (Phi) is 3.96. The summed E-state index contributed by atoms with van der Waals surface area (Å²) in [5.74, 6) is 0. The molecular formula is C8H21NP2. The van der Waals surface area contributed by atoms with E-state index in [-0.39, 0.29) is 5.54 Å². The maximum absolute atomic E-state index is 2.70. The summed E-state index contributed by atoms with van der Waals surface area (Å²) in [6.07, 6.45) is 1.19. The van der Waals surface area contributed by atoms with Crippen LogP contribution in [0.1, 0.15) is 41.0 Å². The predicted octanol–water partition coefficient (Wildman–Crippen LogP) is 3.08. The van der Waals surface area contributed by atoms with Gasteiger partial charge >= 0.3 is 0 Å². The lowest BCUT2D eigenvalue weighted by molar-refractivity contribution is 0.227. The van der Waals surface area contributed by atoms with Crippen molar-refractivity contribution in [2.45, 2.75) is 46.6 Å². The van der Waals surface area contributed by atoms with Crippen LogP contribution in [0.5, 0.6) is 0 Å². The monoisotopic (exact) mass is 193 g/mol. The van der Waals surface area contributed by atoms with E-state index in [2.05, 4.69) is 57.8 Å². The number of hydrogen-bond donors (Lipinski definition) is 0. The lowest BCUT2D eigenvalue weighted by Gasteiger charge is -2.37. The average Bonchev–Trinajstić information content (AvgIpc) is 1.56. The highest BCUT2D eigenvalue weighted by Crippen LogP contribution is 2.34. The fourth-order valence-electron chi connectivity index (χ4n) is 1.39. The van der Waals surface area contributed by atoms with Gasteiger partial charge in [0.05, 0.1) is 0 Å². The molecule has 0 fully saturated rings. The van der Waals surface area contributed by atoms with E-state index in [9.17, 15) is 0 Å². The standard InChI is InChI=1S/C8H21NP2/c1-7(2,3)6-8(4,5)9(10)11/h6,10-11H2,1-5H3. The molecule has 0 aliphatic carbocycles. The van der Waals surface area contributed by atoms with Gasteiger partial charge in [-0.1, -0.05) is 39.6 Å². The van der Waals surface area contributed by atoms with Gasteiger partial charge in [0.15, 0.2) is 0 Å². The summed E-state index contributed by atoms with van der Waals surface area (Å²) in [7, 11) is 5.40. The number of nitrogens with zero attached hydrogens (tertiary/aromatic N) is 1. The molecule has 0 heterocycles. The van der Waals surface area contributed by atoms with Crippen molar-refractivity contribution in [3.63, 3.8) is 0 Å². The van der Waals surface area contributed by atoms with Crippen LogP contribution in [-0.4, -0.2) is 9.98 Å². The third kappa shape index (κ3) is 5.12. The Morgan fingerprint density at radius 1 is 1.00 bits per heavy atom. The molecule has 0 spiro atoms. The molecular weight excluding hydrogens is 172 g/mol. The van der Waals surface area contributed by atoms with Crippen molar-refractivity contribution >= 4 is 18.8 Å². The van der Waals surface area contributed by atoms with Crippen LogP contribution >= 0.6 is 18.8 Å². The number of hydrogen-bond acceptors (Lipinski definition) is 1. The van der Waals surface area contributed by atoms with Crippen LogP contribution in [0.2, 0.25) is 0 Å². The van der Waals surface area contributed by atoms with E-state index in [0.717, 1.165) is 0 Å². The topological polar surface area (TPSA) is 3.24 Å². The van der Waals surface area contributed by atoms with Gasteiger partial charge < -0.3 is 0 Å². The lowest BCUT2D eigenvalue weighted by Crippen LogP contribution is -2.34. The predicted molar refractivity (Wildman–Crippen MR) is 59.4 cm³/mol. The molecule has 0 aliphatic rings. The summed E-state index contributed by atoms with van der Waals surface area (Å²) in [5.41, 5.74) is 0.641. The summed E-state index contributed by atoms with van der Waals surface area (Å²) in [6.45, 7) is 11.3. The van der Waals surface area contributed by atoms with Gasteiger partial charge in [-0.2, -0.15) is 0 Å². The van der Waals surface area contributed by atoms with Gasteiger partial charge in [-0.3, -0.25) is 4.44 Å². The van der Waals surface area contributed by atoms with Crippen LogP contribution in [0.15, 0.2) is 0 Å². The van der Waals surface area contributed by atoms with Crippen LogP contribution in [0.25, 0.3) is 0 Å². The molecule has 0 aromatic rings. The quantitative estimate of drug-likeness (QED) is 0.609. The third-order valence-corrected chi connectivity index (χ3v) is 3.06. The zero-order chi connectivity index (χ0) is 9.28. The molecule has 0 amide bonds. The van der Waals surface area contributed by atoms with Crippen LogP contribution in [-0.2, 0) is 0 Å². The van der Waals surface area contributed by atoms with Crippen molar-refractivity contribution in [2.24, 2.45) is 5.41 Å². The molecule has 0 aliphatic heterocycles. The second-order valence-corrected chi connectivity index (χ2v) is 6.67. The molecule has 0 rings (SSSR count). The maximum atomic E-state index is 2.70. The first-order valence-corrected chi connectivity index (χ1v) is 4.98. The van der Waals surface area contributed by atoms with E-state index in [1.807, 2.05) is 0 Å². The molecule has 11 heavy (non-hydrogen) atoms. The van der Waals surface area contributed by atoms with Gasteiger partial charge in [-0.25, -0.2) is 0 Å². The molecule has 0 saturated carbocycles. The Labute approximate surface area is 75.8 Å². The van der Waals surface area contributed by atoms with Crippen LogP contribution in [0, 0.1) is 5.41 Å². The van der Waals surface area contributed by atoms with Gasteiger partial charge in [0.25, 0.3) is 0 Å². The minimum atomic E-state index is 0.244. The summed E-state index contributed by atoms with van der Waals surface area (Å²) in [4.78, 5) is 0. The normalized spacial score (nSPS) is 14.2. The Morgan fingerprint density at radius 2 is 1.36 bits per heavy atom. The largest absolute Gasteiger partial charge is 0.266 e. The van der Waals surface area contributed by atoms with Crippen molar-refractivity contribution in [3.8, 4) is 0 Å². The summed E-state index contributed by atoms with van der Waals surface area (Å²) < 4.78 is 2.12. The molecule has 0 radical (unpaired) electrons. The molecule has 0 aromatic carbocycles. The Bertz CT molecular complexity index is 125. The SMILES string of the molecule is CC(C)(C)CC(C)(C)N(P)P. The second kappa shape index (κ2) is 3.69. The molecule has 0 saturated heterocycles. The van der Waals surface area contributed by atoms with Crippen molar-refractivity contribution in [2.75, 3.05) is 0 Å². The van der Waals surface area contributed by atoms with Gasteiger partial charge in [0, 0.05) is 5.54 Å². The van der Waals surface area contributed by atoms with E-state index in [4.69, 9.17) is 0 Å². The summed E-state index contributed by atoms with van der Waals surface area (Å²) in [6, 6.07) is 0. The second-order valence-electron chi connectivity index (χ2n) is 4.96. The zero-order valence-electron chi connectivity index (χ0n) is 8.31. The van der Waals surface area contributed by atoms with Crippen LogP contribution in [0.3, 0.4) is 0 Å². The van der Waals surface area contributed by atoms with Crippen molar-refractivity contribution in [1.82, 2.24) is 4.44 Å². The first kappa shape index (κ1) is 11.8. The molecule has 0 bridgehead atoms. The van der Waals surface area contributed by atoms with Crippen molar-refractivity contribution in [1.29, 1.82) is 0 Å². The Balaban J connectivity index is 4.13. The zero-order valence-corrected chi connectivity index (χ0v) is 10.6. The van der Waals surface area contributed by atoms with Crippen LogP contribution in [0.4, 0.5) is 0 Å². The number of rotatable bonds is 2. The van der Waals surface area contributed by atoms with Gasteiger partial charge in [-0.05, 0) is 25.7 Å². The van der Waals surface area contributed by atoms with E-state index in [0.29, 0.717) is 5.41 Å². The fraction of sp³-hybridized carbons (Fsp3) is 1.00. The minimum Gasteiger partial charge on any atom is -0.266 e. The lowest BCUT2D eigenvalue weighted by atomic mass is 9.82. The minimum absolute atomic E-state index is 0.244. The first-order valence-electron chi connectivity index (χ1n) is 3.95. The summed E-state index contributed by atoms with van der Waals surface area (Å²) in [5, 5.41) is 0. The van der Waals surface area contributed by atoms with Crippen molar-refractivity contribution in [3.05, 3.63) is 0 Å².